The topological polar surface area (TPSA) is 70.8 Å². The maximum atomic E-state index is 13.2. The van der Waals surface area contributed by atoms with Crippen LogP contribution in [0.3, 0.4) is 0 Å². The van der Waals surface area contributed by atoms with Gasteiger partial charge in [0.15, 0.2) is 0 Å². The summed E-state index contributed by atoms with van der Waals surface area (Å²) in [7, 11) is 1.90. The fourth-order valence-corrected chi connectivity index (χ4v) is 4.39. The fourth-order valence-electron chi connectivity index (χ4n) is 4.39. The number of hydrogen-bond acceptors (Lipinski definition) is 5. The molecular weight excluding hydrogens is 332 g/mol. The Kier molecular flexibility index (Phi) is 5.03. The molecule has 1 amide bonds. The van der Waals surface area contributed by atoms with Gasteiger partial charge in [-0.25, -0.2) is 0 Å². The number of aromatic nitrogens is 2. The lowest BCUT2D eigenvalue weighted by molar-refractivity contribution is -0.155. The number of aryl methyl sites for hydroxylation is 1. The van der Waals surface area contributed by atoms with Gasteiger partial charge in [-0.3, -0.25) is 9.48 Å². The van der Waals surface area contributed by atoms with Gasteiger partial charge in [-0.05, 0) is 38.8 Å². The van der Waals surface area contributed by atoms with Crippen LogP contribution in [-0.4, -0.2) is 76.1 Å². The lowest BCUT2D eigenvalue weighted by atomic mass is 9.96. The fraction of sp³-hybridized carbons (Fsp3) is 0.789. The number of hydrogen-bond donors (Lipinski definition) is 1. The summed E-state index contributed by atoms with van der Waals surface area (Å²) in [5, 5.41) is 14.1. The highest BCUT2D eigenvalue weighted by Gasteiger charge is 2.53. The van der Waals surface area contributed by atoms with Crippen LogP contribution in [0.5, 0.6) is 0 Å². The molecule has 3 aliphatic rings. The second-order valence-corrected chi connectivity index (χ2v) is 8.10. The smallest absolute Gasteiger partial charge is 0.231 e. The van der Waals surface area contributed by atoms with Crippen molar-refractivity contribution in [1.82, 2.24) is 19.6 Å². The lowest BCUT2D eigenvalue weighted by Crippen LogP contribution is -2.54. The molecule has 26 heavy (non-hydrogen) atoms. The number of carbonyl (C=O) groups excluding carboxylic acids is 1. The van der Waals surface area contributed by atoms with Crippen molar-refractivity contribution in [1.29, 1.82) is 0 Å². The summed E-state index contributed by atoms with van der Waals surface area (Å²) in [5.41, 5.74) is 0.476. The van der Waals surface area contributed by atoms with Crippen molar-refractivity contribution in [3.63, 3.8) is 0 Å². The number of piperidine rings is 1. The van der Waals surface area contributed by atoms with Gasteiger partial charge in [-0.15, -0.1) is 0 Å². The van der Waals surface area contributed by atoms with Crippen LogP contribution in [0.1, 0.15) is 43.7 Å². The average Bonchev–Trinajstić information content (AvgIpc) is 3.36. The number of morpholine rings is 1. The third-order valence-electron chi connectivity index (χ3n) is 6.18. The van der Waals surface area contributed by atoms with E-state index in [9.17, 15) is 9.90 Å². The van der Waals surface area contributed by atoms with Crippen LogP contribution in [0.2, 0.25) is 0 Å². The molecule has 0 radical (unpaired) electrons. The minimum absolute atomic E-state index is 0.0514. The van der Waals surface area contributed by atoms with Crippen LogP contribution in [-0.2, 0) is 16.6 Å². The highest BCUT2D eigenvalue weighted by atomic mass is 16.5. The van der Waals surface area contributed by atoms with Gasteiger partial charge < -0.3 is 19.6 Å². The Morgan fingerprint density at radius 1 is 1.31 bits per heavy atom. The first-order valence-electron chi connectivity index (χ1n) is 9.87. The third-order valence-corrected chi connectivity index (χ3v) is 6.18. The Balaban J connectivity index is 1.58. The molecule has 0 spiro atoms. The Labute approximate surface area is 154 Å². The quantitative estimate of drug-likeness (QED) is 0.844. The molecule has 1 N–H and O–H groups in total. The first-order valence-corrected chi connectivity index (χ1v) is 9.87. The summed E-state index contributed by atoms with van der Waals surface area (Å²) in [5.74, 6) is 0.0841. The summed E-state index contributed by atoms with van der Waals surface area (Å²) < 4.78 is 7.95. The van der Waals surface area contributed by atoms with Crippen LogP contribution in [0.15, 0.2) is 12.4 Å². The Bertz CT molecular complexity index is 636. The van der Waals surface area contributed by atoms with Gasteiger partial charge in [0.25, 0.3) is 0 Å². The number of carbonyl (C=O) groups is 1. The largest absolute Gasteiger partial charge is 0.395 e. The molecule has 1 aromatic heterocycles. The number of likely N-dealkylation sites (tertiary alicyclic amines) is 1. The molecule has 0 bridgehead atoms. The van der Waals surface area contributed by atoms with Crippen molar-refractivity contribution in [2.75, 3.05) is 39.4 Å². The van der Waals surface area contributed by atoms with Crippen molar-refractivity contribution >= 4 is 5.91 Å². The number of aliphatic hydroxyl groups is 1. The second kappa shape index (κ2) is 7.29. The zero-order valence-corrected chi connectivity index (χ0v) is 15.6. The predicted molar refractivity (Wildman–Crippen MR) is 96.4 cm³/mol. The molecule has 7 nitrogen and oxygen atoms in total. The minimum atomic E-state index is -0.548. The summed E-state index contributed by atoms with van der Waals surface area (Å²) >= 11 is 0. The minimum Gasteiger partial charge on any atom is -0.395 e. The summed E-state index contributed by atoms with van der Waals surface area (Å²) in [6.07, 6.45) is 9.14. The summed E-state index contributed by atoms with van der Waals surface area (Å²) in [4.78, 5) is 17.6. The molecule has 7 heteroatoms. The van der Waals surface area contributed by atoms with Gasteiger partial charge in [-0.1, -0.05) is 6.42 Å². The van der Waals surface area contributed by atoms with E-state index in [1.807, 2.05) is 24.3 Å². The zero-order chi connectivity index (χ0) is 18.1. The van der Waals surface area contributed by atoms with Gasteiger partial charge in [0, 0.05) is 31.9 Å². The Morgan fingerprint density at radius 3 is 2.69 bits per heavy atom. The number of rotatable bonds is 5. The maximum Gasteiger partial charge on any atom is 0.231 e. The highest BCUT2D eigenvalue weighted by molar-refractivity contribution is 5.86. The SMILES string of the molecule is Cn1cc([C@H]2[C@H](CN3CCCCC3)OCCN2C(=O)C2(CO)CC2)cn1. The van der Waals surface area contributed by atoms with Crippen molar-refractivity contribution < 1.29 is 14.6 Å². The summed E-state index contributed by atoms with van der Waals surface area (Å²) in [6.45, 7) is 4.14. The van der Waals surface area contributed by atoms with E-state index < -0.39 is 5.41 Å². The first kappa shape index (κ1) is 17.9. The summed E-state index contributed by atoms with van der Waals surface area (Å²) in [6, 6.07) is -0.129. The van der Waals surface area contributed by atoms with Crippen LogP contribution in [0.25, 0.3) is 0 Å². The average molecular weight is 362 g/mol. The van der Waals surface area contributed by atoms with Crippen LogP contribution < -0.4 is 0 Å². The van der Waals surface area contributed by atoms with Gasteiger partial charge >= 0.3 is 0 Å². The van der Waals surface area contributed by atoms with E-state index in [1.165, 1.54) is 19.3 Å². The highest BCUT2D eigenvalue weighted by Crippen LogP contribution is 2.48. The van der Waals surface area contributed by atoms with Crippen LogP contribution in [0.4, 0.5) is 0 Å². The molecule has 2 saturated heterocycles. The van der Waals surface area contributed by atoms with E-state index >= 15 is 0 Å². The van der Waals surface area contributed by atoms with E-state index in [-0.39, 0.29) is 24.7 Å². The molecule has 0 unspecified atom stereocenters. The molecule has 3 fully saturated rings. The molecule has 1 aromatic rings. The Hall–Kier alpha value is -1.44. The van der Waals surface area contributed by atoms with Gasteiger partial charge in [0.05, 0.1) is 37.0 Å². The first-order chi connectivity index (χ1) is 12.6. The zero-order valence-electron chi connectivity index (χ0n) is 15.6. The lowest BCUT2D eigenvalue weighted by Gasteiger charge is -2.44. The molecule has 2 atom stereocenters. The van der Waals surface area contributed by atoms with Crippen molar-refractivity contribution in [2.45, 2.75) is 44.2 Å². The van der Waals surface area contributed by atoms with E-state index in [2.05, 4.69) is 10.00 Å². The molecule has 1 aliphatic carbocycles. The Morgan fingerprint density at radius 2 is 2.08 bits per heavy atom. The molecule has 4 rings (SSSR count). The van der Waals surface area contributed by atoms with E-state index in [4.69, 9.17) is 4.74 Å². The number of aliphatic hydroxyl groups excluding tert-OH is 1. The van der Waals surface area contributed by atoms with Crippen molar-refractivity contribution in [3.05, 3.63) is 18.0 Å². The standard InChI is InChI=1S/C19H30N4O3/c1-21-12-15(11-20-21)17-16(13-22-7-3-2-4-8-22)26-10-9-23(17)18(25)19(14-24)5-6-19/h11-12,16-17,24H,2-10,13-14H2,1H3/t16-,17-/m0/s1. The molecule has 1 saturated carbocycles. The van der Waals surface area contributed by atoms with Gasteiger partial charge in [-0.2, -0.15) is 5.10 Å². The molecule has 2 aliphatic heterocycles. The van der Waals surface area contributed by atoms with Gasteiger partial charge in [0.1, 0.15) is 0 Å². The predicted octanol–water partition coefficient (Wildman–Crippen LogP) is 0.947. The van der Waals surface area contributed by atoms with E-state index in [0.29, 0.717) is 13.2 Å². The molecule has 144 valence electrons. The van der Waals surface area contributed by atoms with Crippen LogP contribution in [0, 0.1) is 5.41 Å². The maximum absolute atomic E-state index is 13.2. The number of amides is 1. The monoisotopic (exact) mass is 362 g/mol. The van der Waals surface area contributed by atoms with Crippen molar-refractivity contribution in [2.24, 2.45) is 12.5 Å². The second-order valence-electron chi connectivity index (χ2n) is 8.10. The normalized spacial score (nSPS) is 28.9. The van der Waals surface area contributed by atoms with Crippen LogP contribution >= 0.6 is 0 Å². The van der Waals surface area contributed by atoms with E-state index in [0.717, 1.165) is 38.0 Å². The van der Waals surface area contributed by atoms with Crippen molar-refractivity contribution in [3.8, 4) is 0 Å². The third kappa shape index (κ3) is 3.40. The molecule has 3 heterocycles. The number of nitrogens with zero attached hydrogens (tertiary/aromatic N) is 4. The van der Waals surface area contributed by atoms with E-state index in [1.54, 1.807) is 4.68 Å². The molecule has 0 aromatic carbocycles. The van der Waals surface area contributed by atoms with Gasteiger partial charge in [0.2, 0.25) is 5.91 Å². The number of ether oxygens (including phenoxy) is 1. The molecular formula is C19H30N4O3.